The fourth-order valence-electron chi connectivity index (χ4n) is 4.09. The predicted molar refractivity (Wildman–Crippen MR) is 119 cm³/mol. The van der Waals surface area contributed by atoms with Crippen molar-refractivity contribution in [2.75, 3.05) is 7.05 Å². The quantitative estimate of drug-likeness (QED) is 0.390. The molecule has 0 aliphatic rings. The van der Waals surface area contributed by atoms with E-state index in [9.17, 15) is 0 Å². The van der Waals surface area contributed by atoms with Gasteiger partial charge in [-0.25, -0.2) is 9.56 Å². The number of aryl methyl sites for hydroxylation is 3. The molecule has 0 spiro atoms. The second-order valence-corrected chi connectivity index (χ2v) is 7.49. The minimum absolute atomic E-state index is 1.02. The zero-order valence-corrected chi connectivity index (χ0v) is 17.2. The molecule has 4 aromatic rings. The Balaban J connectivity index is 2.12. The third-order valence-corrected chi connectivity index (χ3v) is 5.46. The fourth-order valence-corrected chi connectivity index (χ4v) is 4.09. The predicted octanol–water partition coefficient (Wildman–Crippen LogP) is 3.71. The van der Waals surface area contributed by atoms with Crippen LogP contribution in [0.4, 0.5) is 0 Å². The lowest BCUT2D eigenvalue weighted by Crippen LogP contribution is -2.30. The number of aromatic nitrogens is 2. The van der Waals surface area contributed by atoms with Crippen LogP contribution in [0.3, 0.4) is 0 Å². The number of nitrogens with zero attached hydrogens (tertiary/aromatic N) is 3. The molecule has 4 rings (SSSR count). The topological polar surface area (TPSA) is 20.3 Å². The Kier molecular flexibility index (Phi) is 4.38. The molecule has 2 aromatic carbocycles. The molecule has 0 saturated carbocycles. The van der Waals surface area contributed by atoms with Gasteiger partial charge in [-0.05, 0) is 73.5 Å². The highest BCUT2D eigenvalue weighted by molar-refractivity contribution is 5.90. The molecule has 0 aliphatic carbocycles. The van der Waals surface area contributed by atoms with Gasteiger partial charge < -0.3 is 4.40 Å². The van der Waals surface area contributed by atoms with Crippen LogP contribution in [0.15, 0.2) is 48.7 Å². The van der Waals surface area contributed by atoms with Gasteiger partial charge in [0.1, 0.15) is 19.6 Å². The van der Waals surface area contributed by atoms with Crippen molar-refractivity contribution in [3.8, 4) is 0 Å². The van der Waals surface area contributed by atoms with Crippen LogP contribution in [0.25, 0.3) is 28.1 Å². The first kappa shape index (κ1) is 18.2. The van der Waals surface area contributed by atoms with Crippen LogP contribution in [-0.4, -0.2) is 27.7 Å². The highest BCUT2D eigenvalue weighted by atomic mass is 15.0. The normalized spacial score (nSPS) is 13.4. The number of imidazole rings is 1. The first-order valence-electron chi connectivity index (χ1n) is 9.60. The smallest absolute Gasteiger partial charge is 0.219 e. The van der Waals surface area contributed by atoms with Gasteiger partial charge in [0.25, 0.3) is 0 Å². The van der Waals surface area contributed by atoms with E-state index in [-0.39, 0.29) is 0 Å². The number of hydrogen-bond donors (Lipinski definition) is 0. The van der Waals surface area contributed by atoms with Crippen LogP contribution < -0.4 is 10.4 Å². The van der Waals surface area contributed by atoms with Gasteiger partial charge in [0.2, 0.25) is 5.70 Å². The lowest BCUT2D eigenvalue weighted by Gasteiger charge is -2.10. The highest BCUT2D eigenvalue weighted by Gasteiger charge is 2.16. The number of rotatable bonds is 2. The Morgan fingerprint density at radius 3 is 2.54 bits per heavy atom. The summed E-state index contributed by atoms with van der Waals surface area (Å²) < 4.78 is 4.15. The molecule has 0 atom stereocenters. The molecule has 0 bridgehead atoms. The minimum atomic E-state index is 1.02. The summed E-state index contributed by atoms with van der Waals surface area (Å²) in [6.07, 6.45) is 4.34. The fraction of sp³-hybridized carbons (Fsp3) is 0.200. The molecular weight excluding hydrogens is 342 g/mol. The van der Waals surface area contributed by atoms with E-state index in [1.165, 1.54) is 32.3 Å². The lowest BCUT2D eigenvalue weighted by molar-refractivity contribution is -0.386. The summed E-state index contributed by atoms with van der Waals surface area (Å²) in [6.45, 7) is 12.6. The summed E-state index contributed by atoms with van der Waals surface area (Å²) in [5.74, 6) is 1.02. The molecule has 2 heterocycles. The van der Waals surface area contributed by atoms with Crippen molar-refractivity contribution in [1.82, 2.24) is 9.38 Å². The molecule has 0 N–H and O–H groups in total. The lowest BCUT2D eigenvalue weighted by atomic mass is 9.98. The van der Waals surface area contributed by atoms with Crippen molar-refractivity contribution in [3.05, 3.63) is 81.7 Å². The first-order chi connectivity index (χ1) is 13.4. The van der Waals surface area contributed by atoms with Crippen LogP contribution in [0.2, 0.25) is 0 Å². The summed E-state index contributed by atoms with van der Waals surface area (Å²) in [5, 5.41) is 4.84. The molecular formula is C25H26N3+. The molecule has 0 amide bonds. The van der Waals surface area contributed by atoms with E-state index in [2.05, 4.69) is 98.5 Å². The standard InChI is InChI=1S/C25H26N3/c1-7-19-10-8-9-11-22(19)25(27(5)6)23-13-20-14-24-17(3)26-18(4)28(24)15-21(20)12-16(23)2/h7-15H,5H2,1-4,6H3/q+1/b19-7-,25-22-. The van der Waals surface area contributed by atoms with Gasteiger partial charge in [0.15, 0.2) is 0 Å². The van der Waals surface area contributed by atoms with E-state index in [0.717, 1.165) is 22.7 Å². The minimum Gasteiger partial charge on any atom is -0.303 e. The van der Waals surface area contributed by atoms with Gasteiger partial charge in [-0.1, -0.05) is 24.3 Å². The van der Waals surface area contributed by atoms with Crippen molar-refractivity contribution < 1.29 is 4.58 Å². The van der Waals surface area contributed by atoms with Crippen LogP contribution in [0.1, 0.15) is 29.6 Å². The molecule has 3 heteroatoms. The monoisotopic (exact) mass is 368 g/mol. The number of hydrogen-bond acceptors (Lipinski definition) is 1. The Morgan fingerprint density at radius 1 is 1.07 bits per heavy atom. The number of pyridine rings is 1. The van der Waals surface area contributed by atoms with Crippen molar-refractivity contribution in [3.63, 3.8) is 0 Å². The van der Waals surface area contributed by atoms with Crippen molar-refractivity contribution >= 4 is 34.8 Å². The van der Waals surface area contributed by atoms with Crippen molar-refractivity contribution in [2.45, 2.75) is 27.7 Å². The Labute approximate surface area is 165 Å². The summed E-state index contributed by atoms with van der Waals surface area (Å²) in [7, 11) is 2.01. The molecule has 0 unspecified atom stereocenters. The van der Waals surface area contributed by atoms with Gasteiger partial charge in [-0.15, -0.1) is 0 Å². The van der Waals surface area contributed by atoms with Crippen LogP contribution >= 0.6 is 0 Å². The summed E-state index contributed by atoms with van der Waals surface area (Å²) in [6, 6.07) is 15.3. The highest BCUT2D eigenvalue weighted by Crippen LogP contribution is 2.26. The average molecular weight is 369 g/mol. The van der Waals surface area contributed by atoms with E-state index in [4.69, 9.17) is 0 Å². The summed E-state index contributed by atoms with van der Waals surface area (Å²) in [4.78, 5) is 4.63. The Hall–Kier alpha value is -3.20. The Morgan fingerprint density at radius 2 is 1.82 bits per heavy atom. The zero-order valence-electron chi connectivity index (χ0n) is 17.2. The average Bonchev–Trinajstić information content (AvgIpc) is 2.94. The maximum atomic E-state index is 4.63. The SMILES string of the molecule is C=[N+](C)/C(c1cc2cc3c(C)nc(C)n3cc2cc1C)=c1/cccc/c1=C/C. The van der Waals surface area contributed by atoms with Gasteiger partial charge in [0, 0.05) is 6.20 Å². The van der Waals surface area contributed by atoms with E-state index >= 15 is 0 Å². The van der Waals surface area contributed by atoms with Crippen LogP contribution in [0, 0.1) is 20.8 Å². The summed E-state index contributed by atoms with van der Waals surface area (Å²) >= 11 is 0. The largest absolute Gasteiger partial charge is 0.303 e. The van der Waals surface area contributed by atoms with Gasteiger partial charge in [0.05, 0.1) is 22.0 Å². The molecule has 0 fully saturated rings. The Bertz CT molecular complexity index is 1370. The zero-order chi connectivity index (χ0) is 20.0. The van der Waals surface area contributed by atoms with Gasteiger partial charge in [-0.2, -0.15) is 0 Å². The molecule has 0 aliphatic heterocycles. The van der Waals surface area contributed by atoms with E-state index in [1.54, 1.807) is 0 Å². The number of fused-ring (bicyclic) bond motifs is 2. The molecule has 3 nitrogen and oxygen atoms in total. The van der Waals surface area contributed by atoms with Gasteiger partial charge in [-0.3, -0.25) is 0 Å². The molecule has 28 heavy (non-hydrogen) atoms. The maximum Gasteiger partial charge on any atom is 0.219 e. The van der Waals surface area contributed by atoms with E-state index in [1.807, 2.05) is 11.6 Å². The van der Waals surface area contributed by atoms with Gasteiger partial charge >= 0.3 is 0 Å². The summed E-state index contributed by atoms with van der Waals surface area (Å²) in [5.41, 5.74) is 5.79. The van der Waals surface area contributed by atoms with Crippen LogP contribution in [-0.2, 0) is 0 Å². The van der Waals surface area contributed by atoms with Crippen LogP contribution in [0.5, 0.6) is 0 Å². The molecule has 140 valence electrons. The number of benzene rings is 2. The third-order valence-electron chi connectivity index (χ3n) is 5.46. The molecule has 0 radical (unpaired) electrons. The third kappa shape index (κ3) is 2.84. The first-order valence-corrected chi connectivity index (χ1v) is 9.60. The maximum absolute atomic E-state index is 4.63. The molecule has 0 saturated heterocycles. The second kappa shape index (κ2) is 6.75. The van der Waals surface area contributed by atoms with Crippen molar-refractivity contribution in [1.29, 1.82) is 0 Å². The van der Waals surface area contributed by atoms with E-state index < -0.39 is 0 Å². The van der Waals surface area contributed by atoms with Crippen molar-refractivity contribution in [2.24, 2.45) is 0 Å². The second-order valence-electron chi connectivity index (χ2n) is 7.49. The molecule has 2 aromatic heterocycles. The van der Waals surface area contributed by atoms with E-state index in [0.29, 0.717) is 0 Å².